The second kappa shape index (κ2) is 8.43. The van der Waals surface area contributed by atoms with Gasteiger partial charge in [0, 0.05) is 11.8 Å². The molecule has 1 unspecified atom stereocenters. The van der Waals surface area contributed by atoms with Gasteiger partial charge >= 0.3 is 6.18 Å². The highest BCUT2D eigenvalue weighted by Crippen LogP contribution is 2.61. The number of halogens is 3. The van der Waals surface area contributed by atoms with Crippen LogP contribution in [0.3, 0.4) is 0 Å². The van der Waals surface area contributed by atoms with E-state index < -0.39 is 33.2 Å². The maximum absolute atomic E-state index is 13.5. The lowest BCUT2D eigenvalue weighted by Crippen LogP contribution is -2.46. The van der Waals surface area contributed by atoms with Gasteiger partial charge in [0.2, 0.25) is 0 Å². The van der Waals surface area contributed by atoms with Crippen LogP contribution in [0.1, 0.15) is 85.1 Å². The first-order valence-corrected chi connectivity index (χ1v) is 14.3. The van der Waals surface area contributed by atoms with E-state index in [9.17, 15) is 26.4 Å². The molecule has 3 saturated carbocycles. The average molecular weight is 515 g/mol. The first-order chi connectivity index (χ1) is 16.3. The van der Waals surface area contributed by atoms with Crippen molar-refractivity contribution in [3.05, 3.63) is 28.6 Å². The number of nitrogens with zero attached hydrogens (tertiary/aromatic N) is 1. The predicted molar refractivity (Wildman–Crippen MR) is 123 cm³/mol. The minimum atomic E-state index is -4.65. The molecule has 1 aliphatic heterocycles. The molecule has 4 aliphatic rings. The number of carbonyl (C=O) groups is 1. The number of aromatic nitrogens is 1. The van der Waals surface area contributed by atoms with Crippen molar-refractivity contribution in [2.24, 2.45) is 23.0 Å². The summed E-state index contributed by atoms with van der Waals surface area (Å²) in [7, 11) is -3.15. The summed E-state index contributed by atoms with van der Waals surface area (Å²) in [5.41, 5.74) is 3.69. The van der Waals surface area contributed by atoms with Crippen molar-refractivity contribution in [3.8, 4) is 0 Å². The Balaban J connectivity index is 1.44. The quantitative estimate of drug-likeness (QED) is 0.493. The molecule has 1 atom stereocenters. The standard InChI is InChI=1S/C25H33F3N2O4S/c1-15-21(22(29)31)18(10-20(30-15)25(26,27)28)12-24(14-34-24)23(11-16-2-3-16)8-6-19(7-9-23)35(32,33)13-17-4-5-17/h10,16-17,19H,2-9,11-14H2,1H3,(H2,29,31). The van der Waals surface area contributed by atoms with Crippen LogP contribution in [-0.2, 0) is 27.2 Å². The van der Waals surface area contributed by atoms with Gasteiger partial charge in [-0.25, -0.2) is 13.4 Å². The molecule has 10 heteroatoms. The SMILES string of the molecule is Cc1nc(C(F)(F)F)cc(CC2(C3(CC4CC4)CCC(S(=O)(=O)CC4CC4)CC3)CO2)c1C(N)=O. The number of ether oxygens (including phenoxy) is 1. The van der Waals surface area contributed by atoms with Crippen LogP contribution in [0, 0.1) is 24.2 Å². The highest BCUT2D eigenvalue weighted by molar-refractivity contribution is 7.92. The molecule has 1 saturated heterocycles. The fourth-order valence-corrected chi connectivity index (χ4v) is 8.54. The van der Waals surface area contributed by atoms with E-state index in [2.05, 4.69) is 4.98 Å². The molecular formula is C25H33F3N2O4S. The van der Waals surface area contributed by atoms with E-state index >= 15 is 0 Å². The number of rotatable bonds is 9. The van der Waals surface area contributed by atoms with Gasteiger partial charge in [0.25, 0.3) is 5.91 Å². The molecule has 0 aromatic carbocycles. The number of alkyl halides is 3. The van der Waals surface area contributed by atoms with E-state index in [1.165, 1.54) is 6.92 Å². The van der Waals surface area contributed by atoms with Crippen LogP contribution in [0.4, 0.5) is 13.2 Å². The number of amides is 1. The summed E-state index contributed by atoms with van der Waals surface area (Å²) in [5.74, 6) is 0.311. The zero-order valence-electron chi connectivity index (χ0n) is 20.0. The number of carbonyl (C=O) groups excluding carboxylic acids is 1. The van der Waals surface area contributed by atoms with Gasteiger partial charge in [-0.1, -0.05) is 12.8 Å². The Kier molecular flexibility index (Phi) is 6.02. The largest absolute Gasteiger partial charge is 0.433 e. The third kappa shape index (κ3) is 4.97. The molecule has 1 aromatic rings. The molecule has 4 fully saturated rings. The van der Waals surface area contributed by atoms with Crippen molar-refractivity contribution in [2.45, 2.75) is 88.2 Å². The Morgan fingerprint density at radius 3 is 2.23 bits per heavy atom. The highest BCUT2D eigenvalue weighted by Gasteiger charge is 2.63. The number of hydrogen-bond acceptors (Lipinski definition) is 5. The number of nitrogens with two attached hydrogens (primary N) is 1. The zero-order chi connectivity index (χ0) is 25.2. The van der Waals surface area contributed by atoms with Crippen LogP contribution in [0.25, 0.3) is 0 Å². The molecule has 0 bridgehead atoms. The first kappa shape index (κ1) is 25.0. The Morgan fingerprint density at radius 2 is 1.74 bits per heavy atom. The number of pyridine rings is 1. The second-order valence-corrected chi connectivity index (χ2v) is 13.7. The molecule has 2 heterocycles. The van der Waals surface area contributed by atoms with Gasteiger partial charge in [-0.15, -0.1) is 0 Å². The van der Waals surface area contributed by atoms with Crippen LogP contribution >= 0.6 is 0 Å². The molecule has 0 spiro atoms. The van der Waals surface area contributed by atoms with E-state index in [0.717, 1.165) is 38.2 Å². The van der Waals surface area contributed by atoms with E-state index in [4.69, 9.17) is 10.5 Å². The van der Waals surface area contributed by atoms with Gasteiger partial charge < -0.3 is 10.5 Å². The third-order valence-corrected chi connectivity index (χ3v) is 11.1. The van der Waals surface area contributed by atoms with Gasteiger partial charge in [-0.3, -0.25) is 4.79 Å². The zero-order valence-corrected chi connectivity index (χ0v) is 20.8. The number of aryl methyl sites for hydroxylation is 1. The Bertz CT molecular complexity index is 1110. The minimum absolute atomic E-state index is 0.0233. The minimum Gasteiger partial charge on any atom is -0.369 e. The van der Waals surface area contributed by atoms with Gasteiger partial charge in [-0.05, 0) is 75.3 Å². The smallest absolute Gasteiger partial charge is 0.369 e. The molecule has 1 amide bonds. The molecule has 194 valence electrons. The van der Waals surface area contributed by atoms with E-state index in [-0.39, 0.29) is 39.7 Å². The summed E-state index contributed by atoms with van der Waals surface area (Å²) in [5, 5.41) is -0.354. The lowest BCUT2D eigenvalue weighted by atomic mass is 9.61. The first-order valence-electron chi connectivity index (χ1n) is 12.6. The van der Waals surface area contributed by atoms with Gasteiger partial charge in [0.15, 0.2) is 9.84 Å². The lowest BCUT2D eigenvalue weighted by Gasteiger charge is -2.45. The third-order valence-electron chi connectivity index (χ3n) is 8.69. The molecule has 0 radical (unpaired) electrons. The van der Waals surface area contributed by atoms with Gasteiger partial charge in [0.05, 0.1) is 28.9 Å². The number of hydrogen-bond donors (Lipinski definition) is 1. The molecular weight excluding hydrogens is 481 g/mol. The summed E-state index contributed by atoms with van der Waals surface area (Å²) < 4.78 is 72.5. The lowest BCUT2D eigenvalue weighted by molar-refractivity contribution is -0.141. The predicted octanol–water partition coefficient (Wildman–Crippen LogP) is 4.37. The molecule has 35 heavy (non-hydrogen) atoms. The summed E-state index contributed by atoms with van der Waals surface area (Å²) in [6.07, 6.45) is 3.02. The van der Waals surface area contributed by atoms with Crippen LogP contribution in [-0.4, -0.2) is 42.5 Å². The van der Waals surface area contributed by atoms with E-state index in [0.29, 0.717) is 44.1 Å². The maximum Gasteiger partial charge on any atom is 0.433 e. The Hall–Kier alpha value is -1.68. The molecule has 6 nitrogen and oxygen atoms in total. The fraction of sp³-hybridized carbons (Fsp3) is 0.760. The van der Waals surface area contributed by atoms with Crippen LogP contribution in [0.15, 0.2) is 6.07 Å². The van der Waals surface area contributed by atoms with Crippen molar-refractivity contribution < 1.29 is 31.1 Å². The van der Waals surface area contributed by atoms with Gasteiger partial charge in [-0.2, -0.15) is 13.2 Å². The van der Waals surface area contributed by atoms with E-state index in [1.54, 1.807) is 0 Å². The van der Waals surface area contributed by atoms with Crippen molar-refractivity contribution in [3.63, 3.8) is 0 Å². The number of epoxide rings is 1. The normalized spacial score (nSPS) is 31.4. The van der Waals surface area contributed by atoms with Crippen molar-refractivity contribution >= 4 is 15.7 Å². The summed E-state index contributed by atoms with van der Waals surface area (Å²) in [6.45, 7) is 1.76. The van der Waals surface area contributed by atoms with Crippen molar-refractivity contribution in [1.29, 1.82) is 0 Å². The van der Waals surface area contributed by atoms with Crippen molar-refractivity contribution in [1.82, 2.24) is 4.98 Å². The fourth-order valence-electron chi connectivity index (χ4n) is 6.32. The number of sulfone groups is 1. The molecule has 1 aromatic heterocycles. The van der Waals surface area contributed by atoms with Crippen LogP contribution in [0.2, 0.25) is 0 Å². The topological polar surface area (TPSA) is 103 Å². The number of primary amides is 1. The van der Waals surface area contributed by atoms with Crippen LogP contribution in [0.5, 0.6) is 0 Å². The average Bonchev–Trinajstić information content (AvgIpc) is 3.59. The molecule has 5 rings (SSSR count). The Labute approximate surface area is 204 Å². The summed E-state index contributed by atoms with van der Waals surface area (Å²) in [4.78, 5) is 15.8. The summed E-state index contributed by atoms with van der Waals surface area (Å²) in [6, 6.07) is 0.938. The van der Waals surface area contributed by atoms with Crippen LogP contribution < -0.4 is 5.73 Å². The molecule has 3 aliphatic carbocycles. The molecule has 2 N–H and O–H groups in total. The maximum atomic E-state index is 13.5. The summed E-state index contributed by atoms with van der Waals surface area (Å²) >= 11 is 0. The van der Waals surface area contributed by atoms with Gasteiger partial charge in [0.1, 0.15) is 11.3 Å². The highest BCUT2D eigenvalue weighted by atomic mass is 32.2. The van der Waals surface area contributed by atoms with Crippen molar-refractivity contribution in [2.75, 3.05) is 12.4 Å². The van der Waals surface area contributed by atoms with E-state index in [1.807, 2.05) is 0 Å². The Morgan fingerprint density at radius 1 is 1.14 bits per heavy atom. The monoisotopic (exact) mass is 514 g/mol. The second-order valence-electron chi connectivity index (χ2n) is 11.3.